The minimum atomic E-state index is 0.0896. The standard InChI is InChI=1S/C14H27N3O/c1-11(18)16-10-12-6-8-17(9-7-12)14-5-3-2-4-13(14)15/h12-14H,2-10,15H2,1H3,(H,16,18). The Bertz CT molecular complexity index is 274. The average Bonchev–Trinajstić information content (AvgIpc) is 2.38. The molecule has 4 nitrogen and oxygen atoms in total. The molecule has 0 bridgehead atoms. The maximum absolute atomic E-state index is 10.9. The predicted molar refractivity (Wildman–Crippen MR) is 73.2 cm³/mol. The second-order valence-corrected chi connectivity index (χ2v) is 5.93. The van der Waals surface area contributed by atoms with Gasteiger partial charge in [-0.2, -0.15) is 0 Å². The second-order valence-electron chi connectivity index (χ2n) is 5.93. The number of carbonyl (C=O) groups excluding carboxylic acids is 1. The third kappa shape index (κ3) is 3.69. The van der Waals surface area contributed by atoms with Gasteiger partial charge >= 0.3 is 0 Å². The maximum atomic E-state index is 10.9. The van der Waals surface area contributed by atoms with Crippen LogP contribution >= 0.6 is 0 Å². The summed E-state index contributed by atoms with van der Waals surface area (Å²) >= 11 is 0. The van der Waals surface area contributed by atoms with Crippen LogP contribution in [0.4, 0.5) is 0 Å². The number of nitrogens with one attached hydrogen (secondary N) is 1. The van der Waals surface area contributed by atoms with E-state index in [0.717, 1.165) is 19.6 Å². The molecule has 1 aliphatic carbocycles. The van der Waals surface area contributed by atoms with Gasteiger partial charge in [0.1, 0.15) is 0 Å². The summed E-state index contributed by atoms with van der Waals surface area (Å²) in [7, 11) is 0. The lowest BCUT2D eigenvalue weighted by Gasteiger charge is -2.42. The van der Waals surface area contributed by atoms with Crippen LogP contribution in [-0.4, -0.2) is 42.5 Å². The summed E-state index contributed by atoms with van der Waals surface area (Å²) in [5, 5.41) is 2.94. The Kier molecular flexibility index (Phi) is 5.01. The first-order chi connectivity index (χ1) is 8.66. The van der Waals surface area contributed by atoms with Gasteiger partial charge in [-0.05, 0) is 44.7 Å². The molecular formula is C14H27N3O. The van der Waals surface area contributed by atoms with E-state index in [2.05, 4.69) is 10.2 Å². The number of amides is 1. The Morgan fingerprint density at radius 2 is 1.89 bits per heavy atom. The van der Waals surface area contributed by atoms with Crippen LogP contribution in [0, 0.1) is 5.92 Å². The molecule has 2 rings (SSSR count). The monoisotopic (exact) mass is 253 g/mol. The van der Waals surface area contributed by atoms with Crippen LogP contribution in [0.2, 0.25) is 0 Å². The van der Waals surface area contributed by atoms with Crippen LogP contribution in [0.1, 0.15) is 45.4 Å². The van der Waals surface area contributed by atoms with E-state index in [1.54, 1.807) is 6.92 Å². The zero-order valence-corrected chi connectivity index (χ0v) is 11.5. The minimum Gasteiger partial charge on any atom is -0.356 e. The van der Waals surface area contributed by atoms with Crippen LogP contribution in [0.5, 0.6) is 0 Å². The van der Waals surface area contributed by atoms with E-state index in [4.69, 9.17) is 5.73 Å². The molecule has 1 aliphatic heterocycles. The molecule has 0 radical (unpaired) electrons. The fraction of sp³-hybridized carbons (Fsp3) is 0.929. The van der Waals surface area contributed by atoms with Gasteiger partial charge in [-0.3, -0.25) is 9.69 Å². The van der Waals surface area contributed by atoms with E-state index in [0.29, 0.717) is 18.0 Å². The molecule has 3 N–H and O–H groups in total. The third-order valence-electron chi connectivity index (χ3n) is 4.54. The van der Waals surface area contributed by atoms with Crippen molar-refractivity contribution >= 4 is 5.91 Å². The Hall–Kier alpha value is -0.610. The molecule has 2 fully saturated rings. The fourth-order valence-corrected chi connectivity index (χ4v) is 3.37. The van der Waals surface area contributed by atoms with Gasteiger partial charge in [0.05, 0.1) is 0 Å². The molecule has 2 atom stereocenters. The van der Waals surface area contributed by atoms with Crippen LogP contribution in [0.15, 0.2) is 0 Å². The van der Waals surface area contributed by atoms with Crippen molar-refractivity contribution in [2.24, 2.45) is 11.7 Å². The van der Waals surface area contributed by atoms with E-state index in [1.165, 1.54) is 38.5 Å². The van der Waals surface area contributed by atoms with Crippen molar-refractivity contribution in [3.05, 3.63) is 0 Å². The highest BCUT2D eigenvalue weighted by Crippen LogP contribution is 2.26. The van der Waals surface area contributed by atoms with Gasteiger partial charge in [0.15, 0.2) is 0 Å². The summed E-state index contributed by atoms with van der Waals surface area (Å²) in [4.78, 5) is 13.5. The van der Waals surface area contributed by atoms with Crippen LogP contribution in [0.3, 0.4) is 0 Å². The number of nitrogens with two attached hydrogens (primary N) is 1. The highest BCUT2D eigenvalue weighted by Gasteiger charge is 2.30. The topological polar surface area (TPSA) is 58.4 Å². The van der Waals surface area contributed by atoms with E-state index in [1.807, 2.05) is 0 Å². The molecule has 104 valence electrons. The zero-order valence-electron chi connectivity index (χ0n) is 11.5. The van der Waals surface area contributed by atoms with Gasteiger partial charge in [-0.25, -0.2) is 0 Å². The number of likely N-dealkylation sites (tertiary alicyclic amines) is 1. The lowest BCUT2D eigenvalue weighted by atomic mass is 9.87. The van der Waals surface area contributed by atoms with Crippen LogP contribution in [-0.2, 0) is 4.79 Å². The van der Waals surface area contributed by atoms with Crippen molar-refractivity contribution in [3.63, 3.8) is 0 Å². The normalized spacial score (nSPS) is 31.2. The summed E-state index contributed by atoms with van der Waals surface area (Å²) in [6.45, 7) is 4.75. The minimum absolute atomic E-state index is 0.0896. The molecule has 0 aromatic rings. The van der Waals surface area contributed by atoms with Gasteiger partial charge in [0.2, 0.25) is 5.91 Å². The average molecular weight is 253 g/mol. The Labute approximate surface area is 110 Å². The number of hydrogen-bond donors (Lipinski definition) is 2. The van der Waals surface area contributed by atoms with E-state index in [-0.39, 0.29) is 5.91 Å². The van der Waals surface area contributed by atoms with Crippen molar-refractivity contribution in [2.45, 2.75) is 57.5 Å². The molecular weight excluding hydrogens is 226 g/mol. The van der Waals surface area contributed by atoms with Crippen LogP contribution in [0.25, 0.3) is 0 Å². The molecule has 0 aromatic heterocycles. The Balaban J connectivity index is 1.74. The van der Waals surface area contributed by atoms with E-state index >= 15 is 0 Å². The lowest BCUT2D eigenvalue weighted by molar-refractivity contribution is -0.119. The summed E-state index contributed by atoms with van der Waals surface area (Å²) in [6.07, 6.45) is 7.50. The molecule has 1 saturated carbocycles. The van der Waals surface area contributed by atoms with Gasteiger partial charge in [-0.15, -0.1) is 0 Å². The quantitative estimate of drug-likeness (QED) is 0.792. The highest BCUT2D eigenvalue weighted by atomic mass is 16.1. The lowest BCUT2D eigenvalue weighted by Crippen LogP contribution is -2.52. The number of rotatable bonds is 3. The summed E-state index contributed by atoms with van der Waals surface area (Å²) in [5.74, 6) is 0.747. The largest absolute Gasteiger partial charge is 0.356 e. The molecule has 1 heterocycles. The molecule has 1 amide bonds. The highest BCUT2D eigenvalue weighted by molar-refractivity contribution is 5.72. The van der Waals surface area contributed by atoms with Crippen LogP contribution < -0.4 is 11.1 Å². The van der Waals surface area contributed by atoms with E-state index in [9.17, 15) is 4.79 Å². The molecule has 18 heavy (non-hydrogen) atoms. The second kappa shape index (κ2) is 6.53. The number of piperidine rings is 1. The van der Waals surface area contributed by atoms with Crippen molar-refractivity contribution in [1.82, 2.24) is 10.2 Å². The first-order valence-electron chi connectivity index (χ1n) is 7.41. The van der Waals surface area contributed by atoms with Crippen molar-refractivity contribution in [1.29, 1.82) is 0 Å². The van der Waals surface area contributed by atoms with Gasteiger partial charge < -0.3 is 11.1 Å². The third-order valence-corrected chi connectivity index (χ3v) is 4.54. The summed E-state index contributed by atoms with van der Waals surface area (Å²) in [6, 6.07) is 0.992. The van der Waals surface area contributed by atoms with Gasteiger partial charge in [0, 0.05) is 25.6 Å². The first-order valence-corrected chi connectivity index (χ1v) is 7.41. The molecule has 2 unspecified atom stereocenters. The van der Waals surface area contributed by atoms with Crippen molar-refractivity contribution in [3.8, 4) is 0 Å². The predicted octanol–water partition coefficient (Wildman–Crippen LogP) is 1.10. The molecule has 0 spiro atoms. The van der Waals surface area contributed by atoms with Gasteiger partial charge in [-0.1, -0.05) is 12.8 Å². The van der Waals surface area contributed by atoms with Crippen molar-refractivity contribution in [2.75, 3.05) is 19.6 Å². The smallest absolute Gasteiger partial charge is 0.216 e. The van der Waals surface area contributed by atoms with Crippen molar-refractivity contribution < 1.29 is 4.79 Å². The number of nitrogens with zero attached hydrogens (tertiary/aromatic N) is 1. The molecule has 0 aromatic carbocycles. The number of hydrogen-bond acceptors (Lipinski definition) is 3. The first kappa shape index (κ1) is 13.8. The number of carbonyl (C=O) groups is 1. The van der Waals surface area contributed by atoms with E-state index < -0.39 is 0 Å². The summed E-state index contributed by atoms with van der Waals surface area (Å²) < 4.78 is 0. The molecule has 1 saturated heterocycles. The molecule has 4 heteroatoms. The SMILES string of the molecule is CC(=O)NCC1CCN(C2CCCCC2N)CC1. The fourth-order valence-electron chi connectivity index (χ4n) is 3.37. The zero-order chi connectivity index (χ0) is 13.0. The summed E-state index contributed by atoms with van der Waals surface area (Å²) in [5.41, 5.74) is 6.24. The maximum Gasteiger partial charge on any atom is 0.216 e. The Morgan fingerprint density at radius 1 is 1.22 bits per heavy atom. The van der Waals surface area contributed by atoms with Gasteiger partial charge in [0.25, 0.3) is 0 Å². The molecule has 2 aliphatic rings. The Morgan fingerprint density at radius 3 is 2.50 bits per heavy atom.